The zero-order valence-electron chi connectivity index (χ0n) is 22.8. The fourth-order valence-corrected chi connectivity index (χ4v) is 5.75. The SMILES string of the molecule is Cc1nc(N2CCN(C)CC2)ncc1Oc1cc(CN2CCC(CC(=O)O)CC2)cc(-c2cc(Cl)cc(Cl)c2)n1. The van der Waals surface area contributed by atoms with E-state index in [-0.39, 0.29) is 12.3 Å². The van der Waals surface area contributed by atoms with Crippen LogP contribution in [0.4, 0.5) is 5.95 Å². The molecule has 1 aromatic carbocycles. The zero-order valence-corrected chi connectivity index (χ0v) is 24.3. The van der Waals surface area contributed by atoms with Gasteiger partial charge in [0.1, 0.15) is 0 Å². The number of carboxylic acid groups (broad SMARTS) is 1. The van der Waals surface area contributed by atoms with Crippen LogP contribution < -0.4 is 9.64 Å². The average Bonchev–Trinajstić information content (AvgIpc) is 2.90. The van der Waals surface area contributed by atoms with Crippen molar-refractivity contribution >= 4 is 35.1 Å². The highest BCUT2D eigenvalue weighted by Crippen LogP contribution is 2.32. The second-order valence-corrected chi connectivity index (χ2v) is 11.6. The first-order valence-electron chi connectivity index (χ1n) is 13.6. The molecule has 1 N–H and O–H groups in total. The van der Waals surface area contributed by atoms with Crippen LogP contribution in [-0.2, 0) is 11.3 Å². The fourth-order valence-electron chi connectivity index (χ4n) is 5.22. The number of carbonyl (C=O) groups is 1. The standard InChI is InChI=1S/C29H34Cl2N6O3/c1-19-26(17-32-29(33-19)37-9-7-35(2)8-10-37)40-27-12-21(18-36-5-3-20(4-6-36)13-28(38)39)11-25(34-27)22-14-23(30)16-24(31)15-22/h11-12,14-17,20H,3-10,13,18H2,1-2H3,(H,38,39). The first-order valence-corrected chi connectivity index (χ1v) is 14.3. The molecule has 11 heteroatoms. The molecule has 212 valence electrons. The molecule has 0 amide bonds. The number of aromatic nitrogens is 3. The minimum absolute atomic E-state index is 0.228. The lowest BCUT2D eigenvalue weighted by atomic mass is 9.93. The maximum absolute atomic E-state index is 11.1. The van der Waals surface area contributed by atoms with Gasteiger partial charge in [-0.1, -0.05) is 23.2 Å². The van der Waals surface area contributed by atoms with Gasteiger partial charge in [-0.3, -0.25) is 9.69 Å². The van der Waals surface area contributed by atoms with Crippen molar-refractivity contribution in [3.05, 3.63) is 57.8 Å². The molecule has 0 aliphatic carbocycles. The van der Waals surface area contributed by atoms with E-state index in [0.29, 0.717) is 39.9 Å². The van der Waals surface area contributed by atoms with Crippen molar-refractivity contribution in [3.63, 3.8) is 0 Å². The van der Waals surface area contributed by atoms with Gasteiger partial charge in [0.05, 0.1) is 17.6 Å². The largest absolute Gasteiger partial charge is 0.481 e. The monoisotopic (exact) mass is 584 g/mol. The van der Waals surface area contributed by atoms with Crippen LogP contribution in [0.5, 0.6) is 11.6 Å². The maximum atomic E-state index is 11.1. The topological polar surface area (TPSA) is 94.9 Å². The van der Waals surface area contributed by atoms with E-state index in [2.05, 4.69) is 26.7 Å². The molecule has 0 saturated carbocycles. The number of piperazine rings is 1. The average molecular weight is 586 g/mol. The molecular formula is C29H34Cl2N6O3. The lowest BCUT2D eigenvalue weighted by Gasteiger charge is -2.32. The van der Waals surface area contributed by atoms with Gasteiger partial charge in [0.2, 0.25) is 11.8 Å². The molecule has 2 aliphatic rings. The lowest BCUT2D eigenvalue weighted by molar-refractivity contribution is -0.138. The Kier molecular flexibility index (Phi) is 9.05. The highest BCUT2D eigenvalue weighted by molar-refractivity contribution is 6.35. The summed E-state index contributed by atoms with van der Waals surface area (Å²) in [5.74, 6) is 1.19. The number of anilines is 1. The van der Waals surface area contributed by atoms with Gasteiger partial charge in [-0.05, 0) is 75.6 Å². The second-order valence-electron chi connectivity index (χ2n) is 10.7. The van der Waals surface area contributed by atoms with Crippen molar-refractivity contribution in [1.82, 2.24) is 24.8 Å². The molecule has 2 aliphatic heterocycles. The van der Waals surface area contributed by atoms with Crippen molar-refractivity contribution in [2.75, 3.05) is 51.2 Å². The van der Waals surface area contributed by atoms with Gasteiger partial charge < -0.3 is 19.6 Å². The van der Waals surface area contributed by atoms with Gasteiger partial charge in [-0.2, -0.15) is 0 Å². The maximum Gasteiger partial charge on any atom is 0.303 e. The van der Waals surface area contributed by atoms with Crippen LogP contribution in [0, 0.1) is 12.8 Å². The molecule has 0 radical (unpaired) electrons. The minimum Gasteiger partial charge on any atom is -0.481 e. The highest BCUT2D eigenvalue weighted by atomic mass is 35.5. The number of ether oxygens (including phenoxy) is 1. The smallest absolute Gasteiger partial charge is 0.303 e. The van der Waals surface area contributed by atoms with E-state index in [1.807, 2.05) is 31.2 Å². The van der Waals surface area contributed by atoms with Crippen LogP contribution in [0.3, 0.4) is 0 Å². The van der Waals surface area contributed by atoms with Crippen molar-refractivity contribution in [2.45, 2.75) is 32.7 Å². The lowest BCUT2D eigenvalue weighted by Crippen LogP contribution is -2.45. The summed E-state index contributed by atoms with van der Waals surface area (Å²) in [7, 11) is 2.12. The second kappa shape index (κ2) is 12.7. The number of pyridine rings is 1. The number of likely N-dealkylation sites (tertiary alicyclic amines) is 1. The molecule has 9 nitrogen and oxygen atoms in total. The molecule has 4 heterocycles. The number of hydrogen-bond donors (Lipinski definition) is 1. The molecule has 2 saturated heterocycles. The summed E-state index contributed by atoms with van der Waals surface area (Å²) in [5.41, 5.74) is 3.26. The number of likely N-dealkylation sites (N-methyl/N-ethyl adjacent to an activating group) is 1. The molecule has 0 bridgehead atoms. The predicted molar refractivity (Wildman–Crippen MR) is 156 cm³/mol. The molecule has 2 fully saturated rings. The number of rotatable bonds is 8. The van der Waals surface area contributed by atoms with Crippen LogP contribution in [0.2, 0.25) is 10.0 Å². The van der Waals surface area contributed by atoms with Crippen LogP contribution in [0.15, 0.2) is 36.5 Å². The van der Waals surface area contributed by atoms with Crippen molar-refractivity contribution < 1.29 is 14.6 Å². The summed E-state index contributed by atoms with van der Waals surface area (Å²) >= 11 is 12.6. The Labute approximate surface area is 244 Å². The third-order valence-electron chi connectivity index (χ3n) is 7.52. The molecule has 5 rings (SSSR count). The Morgan fingerprint density at radius 2 is 1.70 bits per heavy atom. The Balaban J connectivity index is 1.38. The Morgan fingerprint density at radius 3 is 2.35 bits per heavy atom. The summed E-state index contributed by atoms with van der Waals surface area (Å²) in [6.45, 7) is 8.02. The molecular weight excluding hydrogens is 551 g/mol. The van der Waals surface area contributed by atoms with Gasteiger partial charge in [0, 0.05) is 60.8 Å². The Bertz CT molecular complexity index is 1340. The van der Waals surface area contributed by atoms with E-state index in [1.165, 1.54) is 0 Å². The number of aryl methyl sites for hydroxylation is 1. The fraction of sp³-hybridized carbons (Fsp3) is 0.448. The van der Waals surface area contributed by atoms with E-state index < -0.39 is 5.97 Å². The minimum atomic E-state index is -0.727. The summed E-state index contributed by atoms with van der Waals surface area (Å²) in [5, 5.41) is 10.2. The van der Waals surface area contributed by atoms with Gasteiger partial charge in [0.15, 0.2) is 5.75 Å². The summed E-state index contributed by atoms with van der Waals surface area (Å²) in [6, 6.07) is 9.32. The number of piperidine rings is 1. The van der Waals surface area contributed by atoms with E-state index in [0.717, 1.165) is 68.9 Å². The van der Waals surface area contributed by atoms with Crippen LogP contribution in [0.1, 0.15) is 30.5 Å². The predicted octanol–water partition coefficient (Wildman–Crippen LogP) is 5.38. The van der Waals surface area contributed by atoms with Crippen LogP contribution >= 0.6 is 23.2 Å². The molecule has 40 heavy (non-hydrogen) atoms. The number of hydrogen-bond acceptors (Lipinski definition) is 8. The molecule has 0 spiro atoms. The Morgan fingerprint density at radius 1 is 1.00 bits per heavy atom. The Hall–Kier alpha value is -2.98. The third kappa shape index (κ3) is 7.40. The molecule has 3 aromatic rings. The third-order valence-corrected chi connectivity index (χ3v) is 7.96. The number of halogens is 2. The van der Waals surface area contributed by atoms with Crippen molar-refractivity contribution in [3.8, 4) is 22.9 Å². The molecule has 0 unspecified atom stereocenters. The number of nitrogens with zero attached hydrogens (tertiary/aromatic N) is 6. The molecule has 0 atom stereocenters. The van der Waals surface area contributed by atoms with Gasteiger partial charge in [-0.15, -0.1) is 0 Å². The zero-order chi connectivity index (χ0) is 28.2. The quantitative estimate of drug-likeness (QED) is 0.374. The van der Waals surface area contributed by atoms with Crippen LogP contribution in [-0.4, -0.2) is 82.1 Å². The summed E-state index contributed by atoms with van der Waals surface area (Å²) in [6.07, 6.45) is 3.69. The van der Waals surface area contributed by atoms with Crippen molar-refractivity contribution in [1.29, 1.82) is 0 Å². The van der Waals surface area contributed by atoms with E-state index in [1.54, 1.807) is 12.3 Å². The number of carboxylic acids is 1. The number of benzene rings is 1. The van der Waals surface area contributed by atoms with Gasteiger partial charge >= 0.3 is 5.97 Å². The molecule has 2 aromatic heterocycles. The summed E-state index contributed by atoms with van der Waals surface area (Å²) < 4.78 is 6.27. The summed E-state index contributed by atoms with van der Waals surface area (Å²) in [4.78, 5) is 32.0. The number of aliphatic carboxylic acids is 1. The van der Waals surface area contributed by atoms with Gasteiger partial charge in [0.25, 0.3) is 0 Å². The van der Waals surface area contributed by atoms with E-state index in [4.69, 9.17) is 43.0 Å². The first kappa shape index (κ1) is 28.5. The van der Waals surface area contributed by atoms with E-state index >= 15 is 0 Å². The van der Waals surface area contributed by atoms with E-state index in [9.17, 15) is 4.79 Å². The van der Waals surface area contributed by atoms with Crippen LogP contribution in [0.25, 0.3) is 11.3 Å². The van der Waals surface area contributed by atoms with Crippen molar-refractivity contribution in [2.24, 2.45) is 5.92 Å². The highest BCUT2D eigenvalue weighted by Gasteiger charge is 2.22. The first-order chi connectivity index (χ1) is 19.2. The van der Waals surface area contributed by atoms with Gasteiger partial charge in [-0.25, -0.2) is 15.0 Å². The normalized spacial score (nSPS) is 17.2.